The fourth-order valence-electron chi connectivity index (χ4n) is 2.99. The molecule has 0 radical (unpaired) electrons. The summed E-state index contributed by atoms with van der Waals surface area (Å²) in [5.74, 6) is -0.358. The molecule has 1 saturated heterocycles. The lowest BCUT2D eigenvalue weighted by Gasteiger charge is -2.27. The molecule has 0 atom stereocenters. The minimum absolute atomic E-state index is 0.133. The maximum atomic E-state index is 12.3. The van der Waals surface area contributed by atoms with E-state index in [9.17, 15) is 9.59 Å². The fourth-order valence-corrected chi connectivity index (χ4v) is 3.11. The highest BCUT2D eigenvalue weighted by atomic mass is 35.5. The third-order valence-corrected chi connectivity index (χ3v) is 4.79. The van der Waals surface area contributed by atoms with Gasteiger partial charge in [0.15, 0.2) is 0 Å². The molecule has 28 heavy (non-hydrogen) atoms. The molecule has 6 nitrogen and oxygen atoms in total. The molecular weight excluding hydrogens is 378 g/mol. The third kappa shape index (κ3) is 6.05. The number of rotatable bonds is 7. The Morgan fingerprint density at radius 2 is 1.75 bits per heavy atom. The molecule has 2 aromatic carbocycles. The summed E-state index contributed by atoms with van der Waals surface area (Å²) in [5.41, 5.74) is 2.40. The number of carbonyl (C=O) groups is 2. The molecule has 0 aromatic heterocycles. The lowest BCUT2D eigenvalue weighted by molar-refractivity contribution is -0.116. The molecule has 0 saturated carbocycles. The van der Waals surface area contributed by atoms with E-state index in [4.69, 9.17) is 16.3 Å². The summed E-state index contributed by atoms with van der Waals surface area (Å²) in [5, 5.41) is 6.28. The number of para-hydroxylation sites is 1. The van der Waals surface area contributed by atoms with Gasteiger partial charge in [-0.05, 0) is 35.9 Å². The molecule has 7 heteroatoms. The van der Waals surface area contributed by atoms with E-state index in [0.29, 0.717) is 10.6 Å². The number of anilines is 1. The van der Waals surface area contributed by atoms with Crippen molar-refractivity contribution in [2.24, 2.45) is 0 Å². The van der Waals surface area contributed by atoms with Crippen LogP contribution in [0.4, 0.5) is 5.69 Å². The van der Waals surface area contributed by atoms with Crippen LogP contribution in [0.5, 0.6) is 0 Å². The highest BCUT2D eigenvalue weighted by Gasteiger charge is 2.14. The van der Waals surface area contributed by atoms with Gasteiger partial charge in [0, 0.05) is 48.9 Å². The molecule has 1 heterocycles. The van der Waals surface area contributed by atoms with Gasteiger partial charge >= 0.3 is 0 Å². The second kappa shape index (κ2) is 10.2. The van der Waals surface area contributed by atoms with Crippen molar-refractivity contribution in [3.8, 4) is 0 Å². The average molecular weight is 402 g/mol. The van der Waals surface area contributed by atoms with Crippen molar-refractivity contribution in [1.82, 2.24) is 10.2 Å². The quantitative estimate of drug-likeness (QED) is 0.748. The zero-order chi connectivity index (χ0) is 19.8. The highest BCUT2D eigenvalue weighted by Crippen LogP contribution is 2.18. The summed E-state index contributed by atoms with van der Waals surface area (Å²) in [6.45, 7) is 4.29. The maximum absolute atomic E-state index is 12.3. The number of ether oxygens (including phenoxy) is 1. The highest BCUT2D eigenvalue weighted by molar-refractivity contribution is 6.30. The molecule has 2 N–H and O–H groups in total. The zero-order valence-corrected chi connectivity index (χ0v) is 16.4. The van der Waals surface area contributed by atoms with E-state index < -0.39 is 0 Å². The molecule has 1 aliphatic heterocycles. The van der Waals surface area contributed by atoms with Crippen LogP contribution in [0.3, 0.4) is 0 Å². The van der Waals surface area contributed by atoms with Gasteiger partial charge in [-0.3, -0.25) is 14.5 Å². The molecule has 0 unspecified atom stereocenters. The Bertz CT molecular complexity index is 805. The second-order valence-electron chi connectivity index (χ2n) is 6.61. The van der Waals surface area contributed by atoms with Crippen LogP contribution in [0, 0.1) is 0 Å². The second-order valence-corrected chi connectivity index (χ2v) is 7.04. The van der Waals surface area contributed by atoms with Crippen LogP contribution < -0.4 is 10.6 Å². The predicted molar refractivity (Wildman–Crippen MR) is 110 cm³/mol. The van der Waals surface area contributed by atoms with Crippen molar-refractivity contribution in [2.75, 3.05) is 38.2 Å². The van der Waals surface area contributed by atoms with E-state index in [1.54, 1.807) is 24.3 Å². The number of hydrogen-bond acceptors (Lipinski definition) is 4. The topological polar surface area (TPSA) is 70.7 Å². The van der Waals surface area contributed by atoms with Crippen molar-refractivity contribution in [1.29, 1.82) is 0 Å². The van der Waals surface area contributed by atoms with Gasteiger partial charge in [0.1, 0.15) is 0 Å². The molecule has 148 valence electrons. The average Bonchev–Trinajstić information content (AvgIpc) is 2.71. The van der Waals surface area contributed by atoms with Gasteiger partial charge in [-0.15, -0.1) is 0 Å². The van der Waals surface area contributed by atoms with Crippen LogP contribution in [-0.4, -0.2) is 49.6 Å². The zero-order valence-electron chi connectivity index (χ0n) is 15.6. The number of nitrogens with zero attached hydrogens (tertiary/aromatic N) is 1. The van der Waals surface area contributed by atoms with Crippen LogP contribution in [0.25, 0.3) is 0 Å². The normalized spacial score (nSPS) is 14.5. The first-order valence-electron chi connectivity index (χ1n) is 9.33. The lowest BCUT2D eigenvalue weighted by Crippen LogP contribution is -2.36. The third-order valence-electron chi connectivity index (χ3n) is 4.53. The maximum Gasteiger partial charge on any atom is 0.251 e. The van der Waals surface area contributed by atoms with Gasteiger partial charge in [0.05, 0.1) is 13.2 Å². The van der Waals surface area contributed by atoms with Crippen molar-refractivity contribution < 1.29 is 14.3 Å². The summed E-state index contributed by atoms with van der Waals surface area (Å²) in [6, 6.07) is 14.4. The molecule has 0 spiro atoms. The number of halogens is 1. The molecule has 3 rings (SSSR count). The first-order valence-corrected chi connectivity index (χ1v) is 9.71. The fraction of sp³-hybridized carbons (Fsp3) is 0.333. The van der Waals surface area contributed by atoms with Crippen LogP contribution in [0.2, 0.25) is 5.02 Å². The minimum atomic E-state index is -0.225. The van der Waals surface area contributed by atoms with Crippen molar-refractivity contribution >= 4 is 29.1 Å². The van der Waals surface area contributed by atoms with E-state index in [2.05, 4.69) is 15.5 Å². The Kier molecular flexibility index (Phi) is 7.42. The molecular formula is C21H24ClN3O3. The van der Waals surface area contributed by atoms with Crippen molar-refractivity contribution in [3.63, 3.8) is 0 Å². The monoisotopic (exact) mass is 401 g/mol. The summed E-state index contributed by atoms with van der Waals surface area (Å²) >= 11 is 5.82. The van der Waals surface area contributed by atoms with Crippen molar-refractivity contribution in [3.05, 3.63) is 64.7 Å². The van der Waals surface area contributed by atoms with E-state index in [1.165, 1.54) is 0 Å². The Hall–Kier alpha value is -2.41. The van der Waals surface area contributed by atoms with Gasteiger partial charge in [0.2, 0.25) is 5.91 Å². The van der Waals surface area contributed by atoms with Gasteiger partial charge in [-0.2, -0.15) is 0 Å². The van der Waals surface area contributed by atoms with Gasteiger partial charge < -0.3 is 15.4 Å². The molecule has 0 aliphatic carbocycles. The van der Waals surface area contributed by atoms with Crippen molar-refractivity contribution in [2.45, 2.75) is 13.0 Å². The van der Waals surface area contributed by atoms with Gasteiger partial charge in [-0.25, -0.2) is 0 Å². The standard InChI is InChI=1S/C21H24ClN3O3/c22-18-7-5-16(6-8-18)21(27)23-10-9-20(26)24-19-4-2-1-3-17(19)15-25-11-13-28-14-12-25/h1-8H,9-15H2,(H,23,27)(H,24,26). The molecule has 1 aliphatic rings. The minimum Gasteiger partial charge on any atom is -0.379 e. The molecule has 2 aromatic rings. The Morgan fingerprint density at radius 1 is 1.04 bits per heavy atom. The van der Waals surface area contributed by atoms with Gasteiger partial charge in [0.25, 0.3) is 5.91 Å². The number of hydrogen-bond donors (Lipinski definition) is 2. The van der Waals surface area contributed by atoms with Gasteiger partial charge in [-0.1, -0.05) is 29.8 Å². The van der Waals surface area contributed by atoms with Crippen LogP contribution in [0.1, 0.15) is 22.3 Å². The molecule has 0 bridgehead atoms. The first-order chi connectivity index (χ1) is 13.6. The largest absolute Gasteiger partial charge is 0.379 e. The number of carbonyl (C=O) groups excluding carboxylic acids is 2. The summed E-state index contributed by atoms with van der Waals surface area (Å²) in [4.78, 5) is 26.7. The van der Waals surface area contributed by atoms with E-state index in [0.717, 1.165) is 44.1 Å². The first kappa shape index (κ1) is 20.3. The Labute approximate surface area is 169 Å². The molecule has 2 amide bonds. The number of morpholine rings is 1. The Morgan fingerprint density at radius 3 is 2.50 bits per heavy atom. The van der Waals surface area contributed by atoms with E-state index >= 15 is 0 Å². The SMILES string of the molecule is O=C(CCNC(=O)c1ccc(Cl)cc1)Nc1ccccc1CN1CCOCC1. The van der Waals surface area contributed by atoms with Crippen LogP contribution in [0.15, 0.2) is 48.5 Å². The predicted octanol–water partition coefficient (Wildman–Crippen LogP) is 2.93. The summed E-state index contributed by atoms with van der Waals surface area (Å²) < 4.78 is 5.38. The number of nitrogens with one attached hydrogen (secondary N) is 2. The lowest BCUT2D eigenvalue weighted by atomic mass is 10.1. The van der Waals surface area contributed by atoms with E-state index in [1.807, 2.05) is 24.3 Å². The summed E-state index contributed by atoms with van der Waals surface area (Å²) in [6.07, 6.45) is 0.200. The van der Waals surface area contributed by atoms with Crippen LogP contribution >= 0.6 is 11.6 Å². The van der Waals surface area contributed by atoms with E-state index in [-0.39, 0.29) is 24.8 Å². The summed E-state index contributed by atoms with van der Waals surface area (Å²) in [7, 11) is 0. The number of amides is 2. The Balaban J connectivity index is 1.48. The molecule has 1 fully saturated rings. The smallest absolute Gasteiger partial charge is 0.251 e. The number of benzene rings is 2. The van der Waals surface area contributed by atoms with Crippen LogP contribution in [-0.2, 0) is 16.1 Å².